The molecule has 6 nitrogen and oxygen atoms in total. The molecule has 1 fully saturated rings. The number of hydrogen-bond acceptors (Lipinski definition) is 5. The SMILES string of the molecule is CCC(O)c1ccc(COc2ccc3c(c2)CCC(CN2CC(C(=O)O)C2)=C3C)c(OC)c1. The Balaban J connectivity index is 1.41. The fraction of sp³-hybridized carbons (Fsp3) is 0.444. The number of aliphatic carboxylic acids is 1. The fourth-order valence-corrected chi connectivity index (χ4v) is 4.70. The molecule has 2 aromatic rings. The third-order valence-electron chi connectivity index (χ3n) is 6.90. The molecule has 1 aliphatic carbocycles. The first kappa shape index (κ1) is 23.3. The molecule has 1 aliphatic heterocycles. The van der Waals surface area contributed by atoms with E-state index in [-0.39, 0.29) is 5.92 Å². The minimum atomic E-state index is -0.689. The first-order valence-electron chi connectivity index (χ1n) is 11.6. The van der Waals surface area contributed by atoms with E-state index in [2.05, 4.69) is 24.0 Å². The van der Waals surface area contributed by atoms with E-state index in [4.69, 9.17) is 14.6 Å². The van der Waals surface area contributed by atoms with Crippen molar-refractivity contribution in [3.8, 4) is 11.5 Å². The van der Waals surface area contributed by atoms with Crippen LogP contribution in [0.1, 0.15) is 55.0 Å². The van der Waals surface area contributed by atoms with E-state index in [0.29, 0.717) is 26.1 Å². The predicted molar refractivity (Wildman–Crippen MR) is 127 cm³/mol. The second kappa shape index (κ2) is 9.98. The van der Waals surface area contributed by atoms with Gasteiger partial charge in [0.1, 0.15) is 18.1 Å². The van der Waals surface area contributed by atoms with E-state index in [1.54, 1.807) is 7.11 Å². The molecule has 0 bridgehead atoms. The molecule has 0 aromatic heterocycles. The van der Waals surface area contributed by atoms with Crippen molar-refractivity contribution >= 4 is 11.5 Å². The maximum atomic E-state index is 11.0. The number of aliphatic hydroxyl groups excluding tert-OH is 1. The van der Waals surface area contributed by atoms with Crippen LogP contribution in [0.2, 0.25) is 0 Å². The molecule has 1 unspecified atom stereocenters. The van der Waals surface area contributed by atoms with E-state index < -0.39 is 12.1 Å². The number of benzene rings is 2. The van der Waals surface area contributed by atoms with Crippen LogP contribution in [0.25, 0.3) is 5.57 Å². The average molecular weight is 452 g/mol. The van der Waals surface area contributed by atoms with Crippen molar-refractivity contribution in [1.82, 2.24) is 4.90 Å². The van der Waals surface area contributed by atoms with Crippen LogP contribution < -0.4 is 9.47 Å². The quantitative estimate of drug-likeness (QED) is 0.586. The van der Waals surface area contributed by atoms with Crippen LogP contribution in [0.3, 0.4) is 0 Å². The zero-order valence-corrected chi connectivity index (χ0v) is 19.6. The summed E-state index contributed by atoms with van der Waals surface area (Å²) in [5.74, 6) is 0.646. The Bertz CT molecular complexity index is 1050. The lowest BCUT2D eigenvalue weighted by atomic mass is 9.85. The highest BCUT2D eigenvalue weighted by Gasteiger charge is 2.33. The van der Waals surface area contributed by atoms with Gasteiger partial charge in [-0.2, -0.15) is 0 Å². The van der Waals surface area contributed by atoms with Crippen LogP contribution >= 0.6 is 0 Å². The highest BCUT2D eigenvalue weighted by molar-refractivity contribution is 5.73. The molecule has 2 N–H and O–H groups in total. The van der Waals surface area contributed by atoms with Crippen molar-refractivity contribution < 1.29 is 24.5 Å². The number of aliphatic hydroxyl groups is 1. The average Bonchev–Trinajstić information content (AvgIpc) is 2.80. The van der Waals surface area contributed by atoms with Crippen molar-refractivity contribution in [3.05, 3.63) is 64.2 Å². The molecule has 1 saturated heterocycles. The first-order valence-corrected chi connectivity index (χ1v) is 11.6. The van der Waals surface area contributed by atoms with Gasteiger partial charge in [0.25, 0.3) is 0 Å². The number of ether oxygens (including phenoxy) is 2. The molecule has 176 valence electrons. The monoisotopic (exact) mass is 451 g/mol. The van der Waals surface area contributed by atoms with Gasteiger partial charge in [-0.1, -0.05) is 30.7 Å². The van der Waals surface area contributed by atoms with Crippen LogP contribution in [0.4, 0.5) is 0 Å². The summed E-state index contributed by atoms with van der Waals surface area (Å²) in [5, 5.41) is 19.2. The summed E-state index contributed by atoms with van der Waals surface area (Å²) < 4.78 is 11.6. The Morgan fingerprint density at radius 2 is 1.97 bits per heavy atom. The summed E-state index contributed by atoms with van der Waals surface area (Å²) in [6.07, 6.45) is 2.12. The number of carbonyl (C=O) groups is 1. The van der Waals surface area contributed by atoms with Crippen LogP contribution in [0.15, 0.2) is 42.0 Å². The molecule has 2 aromatic carbocycles. The molecule has 6 heteroatoms. The van der Waals surface area contributed by atoms with E-state index in [1.165, 1.54) is 22.3 Å². The number of nitrogens with zero attached hydrogens (tertiary/aromatic N) is 1. The Kier molecular flexibility index (Phi) is 7.05. The van der Waals surface area contributed by atoms with E-state index >= 15 is 0 Å². The van der Waals surface area contributed by atoms with Gasteiger partial charge in [0.2, 0.25) is 0 Å². The van der Waals surface area contributed by atoms with Crippen LogP contribution in [0, 0.1) is 5.92 Å². The third kappa shape index (κ3) is 5.07. The van der Waals surface area contributed by atoms with Gasteiger partial charge in [0, 0.05) is 25.2 Å². The molecule has 4 rings (SSSR count). The van der Waals surface area contributed by atoms with Crippen molar-refractivity contribution in [1.29, 1.82) is 0 Å². The molecule has 1 heterocycles. The Hall–Kier alpha value is -2.83. The Morgan fingerprint density at radius 1 is 1.18 bits per heavy atom. The number of hydrogen-bond donors (Lipinski definition) is 2. The Morgan fingerprint density at radius 3 is 2.67 bits per heavy atom. The number of aryl methyl sites for hydroxylation is 1. The van der Waals surface area contributed by atoms with E-state index in [1.807, 2.05) is 31.2 Å². The molecule has 1 atom stereocenters. The van der Waals surface area contributed by atoms with Crippen LogP contribution in [-0.4, -0.2) is 47.8 Å². The van der Waals surface area contributed by atoms with Gasteiger partial charge in [-0.15, -0.1) is 0 Å². The highest BCUT2D eigenvalue weighted by atomic mass is 16.5. The van der Waals surface area contributed by atoms with Gasteiger partial charge in [-0.25, -0.2) is 0 Å². The number of carboxylic acids is 1. The minimum Gasteiger partial charge on any atom is -0.496 e. The fourth-order valence-electron chi connectivity index (χ4n) is 4.70. The molecule has 2 aliphatic rings. The molecule has 0 saturated carbocycles. The zero-order chi connectivity index (χ0) is 23.5. The third-order valence-corrected chi connectivity index (χ3v) is 6.90. The molecule has 33 heavy (non-hydrogen) atoms. The largest absolute Gasteiger partial charge is 0.496 e. The van der Waals surface area contributed by atoms with Crippen molar-refractivity contribution in [2.75, 3.05) is 26.7 Å². The predicted octanol–water partition coefficient (Wildman–Crippen LogP) is 4.45. The molecular weight excluding hydrogens is 418 g/mol. The van der Waals surface area contributed by atoms with E-state index in [9.17, 15) is 9.90 Å². The second-order valence-corrected chi connectivity index (χ2v) is 9.06. The van der Waals surface area contributed by atoms with Crippen molar-refractivity contribution in [2.45, 2.75) is 45.8 Å². The summed E-state index contributed by atoms with van der Waals surface area (Å²) in [7, 11) is 1.63. The number of allylic oxidation sites excluding steroid dienone is 1. The standard InChI is InChI=1S/C27H33NO5/c1-4-25(29)19-6-8-21(26(12-19)32-3)16-33-23-9-10-24-17(2)20(7-5-18(24)11-23)13-28-14-22(15-28)27(30)31/h6,8-12,22,25,29H,4-5,7,13-16H2,1-3H3,(H,30,31). The van der Waals surface area contributed by atoms with Crippen LogP contribution in [0.5, 0.6) is 11.5 Å². The maximum Gasteiger partial charge on any atom is 0.309 e. The van der Waals surface area contributed by atoms with Gasteiger partial charge < -0.3 is 19.7 Å². The van der Waals surface area contributed by atoms with Crippen molar-refractivity contribution in [3.63, 3.8) is 0 Å². The maximum absolute atomic E-state index is 11.0. The summed E-state index contributed by atoms with van der Waals surface area (Å²) in [6.45, 7) is 6.66. The lowest BCUT2D eigenvalue weighted by molar-refractivity contribution is -0.147. The first-order chi connectivity index (χ1) is 15.9. The van der Waals surface area contributed by atoms with E-state index in [0.717, 1.165) is 42.0 Å². The highest BCUT2D eigenvalue weighted by Crippen LogP contribution is 2.35. The second-order valence-electron chi connectivity index (χ2n) is 9.06. The van der Waals surface area contributed by atoms with Gasteiger partial charge in [0.15, 0.2) is 0 Å². The minimum absolute atomic E-state index is 0.215. The summed E-state index contributed by atoms with van der Waals surface area (Å²) in [6, 6.07) is 12.0. The topological polar surface area (TPSA) is 79.2 Å². The molecule has 0 spiro atoms. The number of fused-ring (bicyclic) bond motifs is 1. The lowest BCUT2D eigenvalue weighted by Crippen LogP contribution is -2.50. The van der Waals surface area contributed by atoms with Gasteiger partial charge >= 0.3 is 5.97 Å². The number of likely N-dealkylation sites (tertiary alicyclic amines) is 1. The van der Waals surface area contributed by atoms with Crippen molar-refractivity contribution in [2.24, 2.45) is 5.92 Å². The van der Waals surface area contributed by atoms with Gasteiger partial charge in [-0.05, 0) is 66.6 Å². The molecule has 0 radical (unpaired) electrons. The summed E-state index contributed by atoms with van der Waals surface area (Å²) >= 11 is 0. The normalized spacial score (nSPS) is 17.3. The zero-order valence-electron chi connectivity index (χ0n) is 19.6. The number of rotatable bonds is 9. The smallest absolute Gasteiger partial charge is 0.309 e. The summed E-state index contributed by atoms with van der Waals surface area (Å²) in [5.41, 5.74) is 7.03. The summed E-state index contributed by atoms with van der Waals surface area (Å²) in [4.78, 5) is 13.3. The Labute approximate surface area is 195 Å². The molecule has 0 amide bonds. The van der Waals surface area contributed by atoms with Gasteiger partial charge in [-0.3, -0.25) is 9.69 Å². The van der Waals surface area contributed by atoms with Gasteiger partial charge in [0.05, 0.1) is 19.1 Å². The lowest BCUT2D eigenvalue weighted by Gasteiger charge is -2.38. The number of carboxylic acid groups (broad SMARTS) is 1. The molecular formula is C27H33NO5. The number of methoxy groups -OCH3 is 1. The van der Waals surface area contributed by atoms with Crippen LogP contribution in [-0.2, 0) is 17.8 Å².